The number of carbonyl (C=O) groups is 1. The largest absolute Gasteiger partial charge is 0.456 e. The summed E-state index contributed by atoms with van der Waals surface area (Å²) in [5.74, 6) is -0.478. The fraction of sp³-hybridized carbons (Fsp3) is 0.312. The molecular formula is C16H15N3O4S. The van der Waals surface area contributed by atoms with Gasteiger partial charge in [-0.25, -0.2) is 9.59 Å². The Bertz CT molecular complexity index is 968. The van der Waals surface area contributed by atoms with Gasteiger partial charge in [0.2, 0.25) is 0 Å². The van der Waals surface area contributed by atoms with Gasteiger partial charge in [0.25, 0.3) is 5.56 Å². The van der Waals surface area contributed by atoms with Crippen molar-refractivity contribution >= 4 is 23.1 Å². The van der Waals surface area contributed by atoms with Gasteiger partial charge >= 0.3 is 11.7 Å². The highest BCUT2D eigenvalue weighted by atomic mass is 32.1. The van der Waals surface area contributed by atoms with E-state index in [1.54, 1.807) is 0 Å². The number of cyclic esters (lactones) is 1. The van der Waals surface area contributed by atoms with Crippen LogP contribution in [-0.2, 0) is 16.1 Å². The van der Waals surface area contributed by atoms with Gasteiger partial charge in [0, 0.05) is 11.4 Å². The number of aromatic amines is 1. The maximum absolute atomic E-state index is 12.6. The molecule has 0 bridgehead atoms. The van der Waals surface area contributed by atoms with Crippen LogP contribution in [0, 0.1) is 0 Å². The van der Waals surface area contributed by atoms with E-state index in [9.17, 15) is 14.4 Å². The molecule has 8 heteroatoms. The quantitative estimate of drug-likeness (QED) is 0.820. The number of fused-ring (bicyclic) bond motifs is 1. The zero-order valence-electron chi connectivity index (χ0n) is 12.9. The summed E-state index contributed by atoms with van der Waals surface area (Å²) in [6.45, 7) is 2.55. The molecule has 0 spiro atoms. The van der Waals surface area contributed by atoms with Crippen molar-refractivity contribution in [3.8, 4) is 0 Å². The van der Waals surface area contributed by atoms with Crippen LogP contribution in [0.3, 0.4) is 0 Å². The molecule has 4 heterocycles. The van der Waals surface area contributed by atoms with Gasteiger partial charge in [-0.15, -0.1) is 11.3 Å². The van der Waals surface area contributed by atoms with Crippen LogP contribution in [0.4, 0.5) is 5.82 Å². The Hall–Kier alpha value is -2.61. The molecule has 24 heavy (non-hydrogen) atoms. The molecule has 2 aliphatic rings. The number of esters is 1. The summed E-state index contributed by atoms with van der Waals surface area (Å²) in [5.41, 5.74) is 0.549. The second kappa shape index (κ2) is 5.48. The van der Waals surface area contributed by atoms with Crippen LogP contribution < -0.4 is 16.6 Å². The molecule has 0 saturated carbocycles. The lowest BCUT2D eigenvalue weighted by Gasteiger charge is -2.27. The number of H-pyrrole nitrogens is 1. The lowest BCUT2D eigenvalue weighted by Crippen LogP contribution is -2.38. The van der Waals surface area contributed by atoms with Crippen molar-refractivity contribution in [3.63, 3.8) is 0 Å². The summed E-state index contributed by atoms with van der Waals surface area (Å²) in [6, 6.07) is 3.76. The predicted molar refractivity (Wildman–Crippen MR) is 89.4 cm³/mol. The number of rotatable bonds is 3. The number of thiophene rings is 1. The average molecular weight is 345 g/mol. The van der Waals surface area contributed by atoms with Gasteiger partial charge in [0.1, 0.15) is 12.4 Å². The molecule has 124 valence electrons. The third-order valence-corrected chi connectivity index (χ3v) is 5.19. The third-order valence-electron chi connectivity index (χ3n) is 4.25. The first-order valence-corrected chi connectivity index (χ1v) is 8.57. The van der Waals surface area contributed by atoms with Crippen LogP contribution in [0.2, 0.25) is 0 Å². The topological polar surface area (TPSA) is 93.2 Å². The number of carbonyl (C=O) groups excluding carboxylic acids is 1. The number of aromatic nitrogens is 2. The Morgan fingerprint density at radius 2 is 2.21 bits per heavy atom. The van der Waals surface area contributed by atoms with E-state index in [1.807, 2.05) is 24.4 Å². The van der Waals surface area contributed by atoms with Gasteiger partial charge in [0.05, 0.1) is 22.8 Å². The first kappa shape index (κ1) is 14.9. The molecule has 1 unspecified atom stereocenters. The lowest BCUT2D eigenvalue weighted by atomic mass is 9.87. The Kier molecular flexibility index (Phi) is 3.42. The Labute approximate surface area is 140 Å². The van der Waals surface area contributed by atoms with Crippen molar-refractivity contribution < 1.29 is 9.53 Å². The summed E-state index contributed by atoms with van der Waals surface area (Å²) in [5, 5.41) is 4.99. The van der Waals surface area contributed by atoms with Gasteiger partial charge in [-0.3, -0.25) is 14.3 Å². The first-order chi connectivity index (χ1) is 11.6. The van der Waals surface area contributed by atoms with Crippen LogP contribution in [-0.4, -0.2) is 22.1 Å². The molecule has 0 fully saturated rings. The van der Waals surface area contributed by atoms with E-state index in [1.165, 1.54) is 15.9 Å². The lowest BCUT2D eigenvalue weighted by molar-refractivity contribution is -0.136. The Morgan fingerprint density at radius 1 is 1.38 bits per heavy atom. The smallest absolute Gasteiger partial charge is 0.337 e. The van der Waals surface area contributed by atoms with Gasteiger partial charge in [-0.2, -0.15) is 0 Å². The summed E-state index contributed by atoms with van der Waals surface area (Å²) < 4.78 is 6.68. The molecule has 2 aromatic rings. The number of anilines is 1. The maximum atomic E-state index is 12.6. The normalized spacial score (nSPS) is 18.9. The second-order valence-corrected chi connectivity index (χ2v) is 6.69. The molecular weight excluding hydrogens is 330 g/mol. The van der Waals surface area contributed by atoms with Crippen LogP contribution in [0.1, 0.15) is 29.7 Å². The van der Waals surface area contributed by atoms with E-state index in [0.717, 1.165) is 11.3 Å². The molecule has 0 radical (unpaired) electrons. The molecule has 0 saturated heterocycles. The maximum Gasteiger partial charge on any atom is 0.337 e. The molecule has 0 amide bonds. The Balaban J connectivity index is 2.03. The molecule has 2 aromatic heterocycles. The van der Waals surface area contributed by atoms with Crippen molar-refractivity contribution in [2.24, 2.45) is 0 Å². The van der Waals surface area contributed by atoms with Crippen molar-refractivity contribution in [1.29, 1.82) is 0 Å². The van der Waals surface area contributed by atoms with Gasteiger partial charge in [0.15, 0.2) is 0 Å². The van der Waals surface area contributed by atoms with E-state index >= 15 is 0 Å². The summed E-state index contributed by atoms with van der Waals surface area (Å²) in [6.07, 6.45) is 0.741. The second-order valence-electron chi connectivity index (χ2n) is 5.71. The SMILES string of the molecule is CCCn1c2c(c(=O)[nH]c1=O)C(c1cccs1)C1=C(COC1=O)N2. The van der Waals surface area contributed by atoms with Crippen molar-refractivity contribution in [3.05, 3.63) is 60.1 Å². The van der Waals surface area contributed by atoms with Crippen LogP contribution in [0.25, 0.3) is 0 Å². The van der Waals surface area contributed by atoms with E-state index < -0.39 is 23.1 Å². The van der Waals surface area contributed by atoms with Crippen LogP contribution in [0.5, 0.6) is 0 Å². The molecule has 1 atom stereocenters. The van der Waals surface area contributed by atoms with Gasteiger partial charge < -0.3 is 10.1 Å². The first-order valence-electron chi connectivity index (χ1n) is 7.69. The summed E-state index contributed by atoms with van der Waals surface area (Å²) in [7, 11) is 0. The minimum absolute atomic E-state index is 0.128. The minimum Gasteiger partial charge on any atom is -0.456 e. The Morgan fingerprint density at radius 3 is 2.92 bits per heavy atom. The van der Waals surface area contributed by atoms with E-state index in [0.29, 0.717) is 29.2 Å². The van der Waals surface area contributed by atoms with Crippen molar-refractivity contribution in [2.75, 3.05) is 11.9 Å². The molecule has 2 N–H and O–H groups in total. The third kappa shape index (κ3) is 2.06. The van der Waals surface area contributed by atoms with Gasteiger partial charge in [-0.1, -0.05) is 13.0 Å². The monoisotopic (exact) mass is 345 g/mol. The summed E-state index contributed by atoms with van der Waals surface area (Å²) in [4.78, 5) is 40.2. The van der Waals surface area contributed by atoms with Crippen LogP contribution >= 0.6 is 11.3 Å². The standard InChI is InChI=1S/C16H15N3O4S/c1-2-5-19-13-12(14(20)18-16(19)22)11(9-4-3-6-24-9)10-8(17-13)7-23-15(10)21/h3-4,6,11,17H,2,5,7H2,1H3,(H,18,20,22). The molecule has 2 aliphatic heterocycles. The molecule has 0 aromatic carbocycles. The highest BCUT2D eigenvalue weighted by Gasteiger charge is 2.41. The van der Waals surface area contributed by atoms with E-state index in [4.69, 9.17) is 4.74 Å². The number of hydrogen-bond donors (Lipinski definition) is 2. The average Bonchev–Trinajstić information content (AvgIpc) is 3.20. The molecule has 4 rings (SSSR count). The molecule has 7 nitrogen and oxygen atoms in total. The zero-order chi connectivity index (χ0) is 16.8. The predicted octanol–water partition coefficient (Wildman–Crippen LogP) is 1.38. The number of hydrogen-bond acceptors (Lipinski definition) is 6. The van der Waals surface area contributed by atoms with Gasteiger partial charge in [-0.05, 0) is 17.9 Å². The molecule has 0 aliphatic carbocycles. The summed E-state index contributed by atoms with van der Waals surface area (Å²) >= 11 is 1.47. The fourth-order valence-electron chi connectivity index (χ4n) is 3.27. The minimum atomic E-state index is -0.515. The van der Waals surface area contributed by atoms with Crippen LogP contribution in [0.15, 0.2) is 38.4 Å². The van der Waals surface area contributed by atoms with Crippen molar-refractivity contribution in [2.45, 2.75) is 25.8 Å². The fourth-order valence-corrected chi connectivity index (χ4v) is 4.11. The van der Waals surface area contributed by atoms with E-state index in [2.05, 4.69) is 10.3 Å². The number of nitrogens with one attached hydrogen (secondary N) is 2. The van der Waals surface area contributed by atoms with E-state index in [-0.39, 0.29) is 6.61 Å². The number of ether oxygens (including phenoxy) is 1. The highest BCUT2D eigenvalue weighted by Crippen LogP contribution is 2.43. The zero-order valence-corrected chi connectivity index (χ0v) is 13.7. The highest BCUT2D eigenvalue weighted by molar-refractivity contribution is 7.10. The number of nitrogens with zero attached hydrogens (tertiary/aromatic N) is 1. The van der Waals surface area contributed by atoms with Crippen molar-refractivity contribution in [1.82, 2.24) is 9.55 Å².